The van der Waals surface area contributed by atoms with E-state index in [1.54, 1.807) is 10.8 Å². The Hall–Kier alpha value is -2.94. The number of hydrogen-bond donors (Lipinski definition) is 0. The van der Waals surface area contributed by atoms with Crippen molar-refractivity contribution in [2.75, 3.05) is 0 Å². The smallest absolute Gasteiger partial charge is 0.103 e. The standard InChI is InChI=1S/C19H15N3/c1-14-9-11-15(12-10-14)18-17-8-5-13-20-22(17)21-19(18)16-6-3-2-4-7-16/h2-13H,1H3. The Morgan fingerprint density at radius 1 is 0.773 bits per heavy atom. The molecule has 0 saturated carbocycles. The summed E-state index contributed by atoms with van der Waals surface area (Å²) in [6.45, 7) is 2.10. The largest absolute Gasteiger partial charge is 0.159 e. The summed E-state index contributed by atoms with van der Waals surface area (Å²) in [6, 6.07) is 22.8. The Morgan fingerprint density at radius 2 is 1.55 bits per heavy atom. The quantitative estimate of drug-likeness (QED) is 0.547. The fraction of sp³-hybridized carbons (Fsp3) is 0.0526. The summed E-state index contributed by atoms with van der Waals surface area (Å²) in [6.07, 6.45) is 1.76. The van der Waals surface area contributed by atoms with Gasteiger partial charge in [0.2, 0.25) is 0 Å². The van der Waals surface area contributed by atoms with Gasteiger partial charge in [0, 0.05) is 17.3 Å². The van der Waals surface area contributed by atoms with E-state index in [9.17, 15) is 0 Å². The number of aryl methyl sites for hydroxylation is 1. The van der Waals surface area contributed by atoms with Gasteiger partial charge < -0.3 is 0 Å². The average Bonchev–Trinajstić information content (AvgIpc) is 2.96. The third-order valence-corrected chi connectivity index (χ3v) is 3.81. The first-order valence-corrected chi connectivity index (χ1v) is 7.29. The van der Waals surface area contributed by atoms with E-state index in [0.717, 1.165) is 27.9 Å². The molecule has 0 N–H and O–H groups in total. The van der Waals surface area contributed by atoms with Gasteiger partial charge in [0.25, 0.3) is 0 Å². The topological polar surface area (TPSA) is 30.2 Å². The van der Waals surface area contributed by atoms with Crippen molar-refractivity contribution in [3.63, 3.8) is 0 Å². The number of fused-ring (bicyclic) bond motifs is 1. The van der Waals surface area contributed by atoms with Gasteiger partial charge in [0.05, 0.1) is 5.52 Å². The molecule has 2 aromatic heterocycles. The molecular weight excluding hydrogens is 270 g/mol. The fourth-order valence-corrected chi connectivity index (χ4v) is 2.70. The van der Waals surface area contributed by atoms with Crippen molar-refractivity contribution in [2.24, 2.45) is 0 Å². The normalized spacial score (nSPS) is 11.0. The molecule has 0 aliphatic heterocycles. The van der Waals surface area contributed by atoms with Crippen LogP contribution in [0, 0.1) is 6.92 Å². The van der Waals surface area contributed by atoms with Gasteiger partial charge in [0.15, 0.2) is 0 Å². The maximum Gasteiger partial charge on any atom is 0.103 e. The number of benzene rings is 2. The van der Waals surface area contributed by atoms with Crippen LogP contribution in [0.25, 0.3) is 27.9 Å². The third-order valence-electron chi connectivity index (χ3n) is 3.81. The summed E-state index contributed by atoms with van der Waals surface area (Å²) in [5, 5.41) is 9.02. The van der Waals surface area contributed by atoms with Gasteiger partial charge in [-0.05, 0) is 24.6 Å². The van der Waals surface area contributed by atoms with Crippen molar-refractivity contribution < 1.29 is 0 Å². The van der Waals surface area contributed by atoms with Crippen molar-refractivity contribution in [1.29, 1.82) is 0 Å². The molecule has 2 heterocycles. The van der Waals surface area contributed by atoms with Crippen LogP contribution in [0.3, 0.4) is 0 Å². The molecule has 0 saturated heterocycles. The predicted molar refractivity (Wildman–Crippen MR) is 88.6 cm³/mol. The molecule has 0 fully saturated rings. The zero-order chi connectivity index (χ0) is 14.9. The molecule has 0 atom stereocenters. The predicted octanol–water partition coefficient (Wildman–Crippen LogP) is 4.37. The van der Waals surface area contributed by atoms with E-state index in [0.29, 0.717) is 0 Å². The van der Waals surface area contributed by atoms with Crippen molar-refractivity contribution in [2.45, 2.75) is 6.92 Å². The van der Waals surface area contributed by atoms with E-state index in [-0.39, 0.29) is 0 Å². The SMILES string of the molecule is Cc1ccc(-c2c(-c3ccccc3)nn3ncccc23)cc1. The molecule has 0 unspecified atom stereocenters. The van der Waals surface area contributed by atoms with E-state index < -0.39 is 0 Å². The third kappa shape index (κ3) is 2.07. The van der Waals surface area contributed by atoms with Crippen molar-refractivity contribution in [1.82, 2.24) is 14.8 Å². The van der Waals surface area contributed by atoms with Crippen LogP contribution in [0.4, 0.5) is 0 Å². The van der Waals surface area contributed by atoms with Crippen LogP contribution in [0.1, 0.15) is 5.56 Å². The monoisotopic (exact) mass is 285 g/mol. The van der Waals surface area contributed by atoms with E-state index in [1.807, 2.05) is 24.3 Å². The lowest BCUT2D eigenvalue weighted by molar-refractivity contribution is 0.803. The second-order valence-electron chi connectivity index (χ2n) is 5.35. The Balaban J connectivity index is 2.04. The Morgan fingerprint density at radius 3 is 2.32 bits per heavy atom. The maximum absolute atomic E-state index is 4.69. The molecule has 4 rings (SSSR count). The van der Waals surface area contributed by atoms with Crippen molar-refractivity contribution >= 4 is 5.52 Å². The maximum atomic E-state index is 4.69. The number of rotatable bonds is 2. The van der Waals surface area contributed by atoms with Gasteiger partial charge in [-0.2, -0.15) is 9.73 Å². The molecule has 106 valence electrons. The lowest BCUT2D eigenvalue weighted by Crippen LogP contribution is -1.91. The molecule has 0 radical (unpaired) electrons. The van der Waals surface area contributed by atoms with Gasteiger partial charge in [-0.25, -0.2) is 0 Å². The lowest BCUT2D eigenvalue weighted by Gasteiger charge is -2.04. The van der Waals surface area contributed by atoms with E-state index in [1.165, 1.54) is 5.56 Å². The molecule has 0 spiro atoms. The molecule has 3 nitrogen and oxygen atoms in total. The zero-order valence-corrected chi connectivity index (χ0v) is 12.3. The summed E-state index contributed by atoms with van der Waals surface area (Å²) in [7, 11) is 0. The summed E-state index contributed by atoms with van der Waals surface area (Å²) in [5.74, 6) is 0. The Kier molecular flexibility index (Phi) is 2.97. The molecule has 0 aliphatic carbocycles. The first kappa shape index (κ1) is 12.8. The summed E-state index contributed by atoms with van der Waals surface area (Å²) >= 11 is 0. The lowest BCUT2D eigenvalue weighted by atomic mass is 9.99. The first-order chi connectivity index (χ1) is 10.8. The van der Waals surface area contributed by atoms with Crippen molar-refractivity contribution in [3.8, 4) is 22.4 Å². The molecule has 0 bridgehead atoms. The minimum atomic E-state index is 0.961. The fourth-order valence-electron chi connectivity index (χ4n) is 2.70. The van der Waals surface area contributed by atoms with Gasteiger partial charge in [-0.1, -0.05) is 60.2 Å². The number of nitrogens with zero attached hydrogens (tertiary/aromatic N) is 3. The van der Waals surface area contributed by atoms with Crippen LogP contribution < -0.4 is 0 Å². The van der Waals surface area contributed by atoms with Crippen molar-refractivity contribution in [3.05, 3.63) is 78.5 Å². The zero-order valence-electron chi connectivity index (χ0n) is 12.3. The highest BCUT2D eigenvalue weighted by atomic mass is 15.4. The molecule has 4 aromatic rings. The Bertz CT molecular complexity index is 922. The molecular formula is C19H15N3. The second kappa shape index (κ2) is 5.11. The van der Waals surface area contributed by atoms with E-state index >= 15 is 0 Å². The van der Waals surface area contributed by atoms with Gasteiger partial charge >= 0.3 is 0 Å². The van der Waals surface area contributed by atoms with E-state index in [2.05, 4.69) is 59.6 Å². The summed E-state index contributed by atoms with van der Waals surface area (Å²) in [4.78, 5) is 0. The summed E-state index contributed by atoms with van der Waals surface area (Å²) in [5.41, 5.74) is 6.61. The van der Waals surface area contributed by atoms with Gasteiger partial charge in [0.1, 0.15) is 5.69 Å². The minimum absolute atomic E-state index is 0.961. The number of hydrogen-bond acceptors (Lipinski definition) is 2. The molecule has 2 aromatic carbocycles. The second-order valence-corrected chi connectivity index (χ2v) is 5.35. The highest BCUT2D eigenvalue weighted by molar-refractivity contribution is 5.91. The molecule has 0 amide bonds. The Labute approximate surface area is 128 Å². The average molecular weight is 285 g/mol. The summed E-state index contributed by atoms with van der Waals surface area (Å²) < 4.78 is 1.71. The van der Waals surface area contributed by atoms with Crippen LogP contribution >= 0.6 is 0 Å². The number of aromatic nitrogens is 3. The minimum Gasteiger partial charge on any atom is -0.159 e. The van der Waals surface area contributed by atoms with Gasteiger partial charge in [-0.15, -0.1) is 5.10 Å². The van der Waals surface area contributed by atoms with Crippen LogP contribution in [-0.4, -0.2) is 14.8 Å². The molecule has 3 heteroatoms. The van der Waals surface area contributed by atoms with Crippen LogP contribution in [0.15, 0.2) is 72.9 Å². The highest BCUT2D eigenvalue weighted by Crippen LogP contribution is 2.34. The molecule has 0 aliphatic rings. The first-order valence-electron chi connectivity index (χ1n) is 7.29. The molecule has 22 heavy (non-hydrogen) atoms. The van der Waals surface area contributed by atoms with Gasteiger partial charge in [-0.3, -0.25) is 0 Å². The van der Waals surface area contributed by atoms with Crippen LogP contribution in [0.5, 0.6) is 0 Å². The van der Waals surface area contributed by atoms with Crippen LogP contribution in [-0.2, 0) is 0 Å². The highest BCUT2D eigenvalue weighted by Gasteiger charge is 2.16. The van der Waals surface area contributed by atoms with E-state index in [4.69, 9.17) is 0 Å². The van der Waals surface area contributed by atoms with Crippen LogP contribution in [0.2, 0.25) is 0 Å².